The minimum Gasteiger partial charge on any atom is -0.284 e. The quantitative estimate of drug-likeness (QED) is 0.516. The normalized spacial score (nSPS) is 13.1. The second-order valence-corrected chi connectivity index (χ2v) is 2.73. The minimum atomic E-state index is -2.16. The van der Waals surface area contributed by atoms with Crippen LogP contribution in [0.1, 0.15) is 6.42 Å². The van der Waals surface area contributed by atoms with Gasteiger partial charge < -0.3 is 0 Å². The molecular formula is C5H9N3O3S. The van der Waals surface area contributed by atoms with Crippen LogP contribution in [0.4, 0.5) is 0 Å². The molecule has 0 spiro atoms. The maximum absolute atomic E-state index is 10.0. The van der Waals surface area contributed by atoms with Gasteiger partial charge in [0.15, 0.2) is 0 Å². The Morgan fingerprint density at radius 3 is 3.08 bits per heavy atom. The van der Waals surface area contributed by atoms with Crippen molar-refractivity contribution in [3.05, 3.63) is 12.4 Å². The van der Waals surface area contributed by atoms with Gasteiger partial charge in [-0.15, -0.1) is 5.10 Å². The van der Waals surface area contributed by atoms with Crippen molar-refractivity contribution in [3.8, 4) is 0 Å². The second kappa shape index (κ2) is 4.96. The van der Waals surface area contributed by atoms with Crippen molar-refractivity contribution in [2.45, 2.75) is 13.0 Å². The number of hydrogen-bond donors (Lipinski definition) is 1. The molecule has 1 N–H and O–H groups in total. The van der Waals surface area contributed by atoms with Gasteiger partial charge >= 0.3 is 11.4 Å². The Hall–Kier alpha value is -0.790. The molecule has 0 radical (unpaired) electrons. The van der Waals surface area contributed by atoms with Crippen LogP contribution in [0.25, 0.3) is 0 Å². The zero-order chi connectivity index (χ0) is 8.81. The number of rotatable bonds is 5. The molecule has 0 bridgehead atoms. The van der Waals surface area contributed by atoms with Gasteiger partial charge in [-0.05, 0) is 6.42 Å². The molecule has 7 heteroatoms. The molecule has 1 aromatic heterocycles. The van der Waals surface area contributed by atoms with E-state index in [1.807, 2.05) is 0 Å². The van der Waals surface area contributed by atoms with Gasteiger partial charge in [-0.25, -0.2) is 0 Å². The lowest BCUT2D eigenvalue weighted by Gasteiger charge is -1.98. The molecule has 0 fully saturated rings. The van der Waals surface area contributed by atoms with Gasteiger partial charge in [-0.1, -0.05) is 5.21 Å². The number of hydrogen-bond acceptors (Lipinski definition) is 4. The van der Waals surface area contributed by atoms with E-state index in [0.717, 1.165) is 0 Å². The summed E-state index contributed by atoms with van der Waals surface area (Å²) in [4.78, 5) is 0. The summed E-state index contributed by atoms with van der Waals surface area (Å²) in [7, 11) is 0. The second-order valence-electron chi connectivity index (χ2n) is 2.06. The lowest BCUT2D eigenvalue weighted by molar-refractivity contribution is 0.291. The Morgan fingerprint density at radius 1 is 1.67 bits per heavy atom. The number of nitrogens with zero attached hydrogens (tertiary/aromatic N) is 3. The van der Waals surface area contributed by atoms with E-state index in [2.05, 4.69) is 14.5 Å². The fraction of sp³-hybridized carbons (Fsp3) is 0.600. The summed E-state index contributed by atoms with van der Waals surface area (Å²) in [5.74, 6) is 0. The minimum absolute atomic E-state index is 0.239. The molecule has 0 aromatic carbocycles. The van der Waals surface area contributed by atoms with Gasteiger partial charge in [-0.2, -0.15) is 4.21 Å². The monoisotopic (exact) mass is 191 g/mol. The first-order valence-corrected chi connectivity index (χ1v) is 4.40. The number of aromatic nitrogens is 3. The van der Waals surface area contributed by atoms with Crippen molar-refractivity contribution in [1.82, 2.24) is 15.0 Å². The summed E-state index contributed by atoms with van der Waals surface area (Å²) < 4.78 is 24.3. The summed E-state index contributed by atoms with van der Waals surface area (Å²) >= 11 is -2.16. The van der Waals surface area contributed by atoms with Crippen LogP contribution in [0, 0.1) is 0 Å². The first-order chi connectivity index (χ1) is 5.79. The van der Waals surface area contributed by atoms with E-state index in [9.17, 15) is 4.21 Å². The van der Waals surface area contributed by atoms with E-state index in [0.29, 0.717) is 13.0 Å². The topological polar surface area (TPSA) is 77.2 Å². The zero-order valence-corrected chi connectivity index (χ0v) is 7.11. The fourth-order valence-corrected chi connectivity index (χ4v) is 0.969. The molecule has 0 aliphatic rings. The largest absolute Gasteiger partial charge is 0.301 e. The predicted molar refractivity (Wildman–Crippen MR) is 41.4 cm³/mol. The standard InChI is InChI=1S/C5H9N3O3S/c9-12(10)11-5-1-3-8-4-2-6-7-8/h2,4H,1,3,5H2,(H,9,10). The van der Waals surface area contributed by atoms with Crippen LogP contribution in [-0.4, -0.2) is 30.4 Å². The third-order valence-electron chi connectivity index (χ3n) is 1.19. The van der Waals surface area contributed by atoms with Crippen molar-refractivity contribution < 1.29 is 12.9 Å². The van der Waals surface area contributed by atoms with Crippen LogP contribution in [0.5, 0.6) is 0 Å². The van der Waals surface area contributed by atoms with Gasteiger partial charge in [0, 0.05) is 12.7 Å². The summed E-state index contributed by atoms with van der Waals surface area (Å²) in [6.45, 7) is 0.875. The molecule has 1 unspecified atom stereocenters. The molecular weight excluding hydrogens is 182 g/mol. The summed E-state index contributed by atoms with van der Waals surface area (Å²) in [5.41, 5.74) is 0. The Labute approximate surface area is 72.0 Å². The van der Waals surface area contributed by atoms with Crippen LogP contribution in [0.2, 0.25) is 0 Å². The molecule has 0 aliphatic heterocycles. The van der Waals surface area contributed by atoms with Gasteiger partial charge in [0.1, 0.15) is 0 Å². The predicted octanol–water partition coefficient (Wildman–Crippen LogP) is -0.179. The van der Waals surface area contributed by atoms with E-state index in [-0.39, 0.29) is 6.61 Å². The summed E-state index contributed by atoms with van der Waals surface area (Å²) in [6, 6.07) is 0. The third-order valence-corrected chi connectivity index (χ3v) is 1.56. The SMILES string of the molecule is O=S(O)OCCCn1ccnn1. The molecule has 0 aliphatic carbocycles. The smallest absolute Gasteiger partial charge is 0.284 e. The van der Waals surface area contributed by atoms with Crippen LogP contribution in [0.15, 0.2) is 12.4 Å². The van der Waals surface area contributed by atoms with Gasteiger partial charge in [0.2, 0.25) is 0 Å². The fourth-order valence-electron chi connectivity index (χ4n) is 0.709. The molecule has 0 amide bonds. The van der Waals surface area contributed by atoms with E-state index in [4.69, 9.17) is 4.55 Å². The van der Waals surface area contributed by atoms with Gasteiger partial charge in [0.25, 0.3) is 0 Å². The molecule has 1 heterocycles. The lowest BCUT2D eigenvalue weighted by Crippen LogP contribution is -2.04. The molecule has 0 saturated heterocycles. The van der Waals surface area contributed by atoms with E-state index in [1.165, 1.54) is 0 Å². The van der Waals surface area contributed by atoms with Crippen molar-refractivity contribution in [3.63, 3.8) is 0 Å². The maximum Gasteiger partial charge on any atom is 0.301 e. The lowest BCUT2D eigenvalue weighted by atomic mass is 10.5. The highest BCUT2D eigenvalue weighted by Crippen LogP contribution is 1.89. The maximum atomic E-state index is 10.0. The Kier molecular flexibility index (Phi) is 3.85. The zero-order valence-electron chi connectivity index (χ0n) is 6.29. The average molecular weight is 191 g/mol. The highest BCUT2D eigenvalue weighted by molar-refractivity contribution is 7.74. The molecule has 6 nitrogen and oxygen atoms in total. The van der Waals surface area contributed by atoms with Gasteiger partial charge in [-0.3, -0.25) is 13.4 Å². The summed E-state index contributed by atoms with van der Waals surface area (Å²) in [5, 5.41) is 7.30. The third kappa shape index (κ3) is 3.56. The van der Waals surface area contributed by atoms with Crippen LogP contribution >= 0.6 is 0 Å². The van der Waals surface area contributed by atoms with Crippen LogP contribution < -0.4 is 0 Å². The number of aryl methyl sites for hydroxylation is 1. The highest BCUT2D eigenvalue weighted by atomic mass is 32.2. The Balaban J connectivity index is 2.07. The van der Waals surface area contributed by atoms with E-state index < -0.39 is 11.4 Å². The van der Waals surface area contributed by atoms with E-state index >= 15 is 0 Å². The van der Waals surface area contributed by atoms with Crippen molar-refractivity contribution >= 4 is 11.4 Å². The molecule has 1 aromatic rings. The Morgan fingerprint density at radius 2 is 2.50 bits per heavy atom. The van der Waals surface area contributed by atoms with Crippen LogP contribution in [0.3, 0.4) is 0 Å². The van der Waals surface area contributed by atoms with Crippen molar-refractivity contribution in [2.75, 3.05) is 6.61 Å². The summed E-state index contributed by atoms with van der Waals surface area (Å²) in [6.07, 6.45) is 3.93. The van der Waals surface area contributed by atoms with Crippen molar-refractivity contribution in [1.29, 1.82) is 0 Å². The molecule has 1 rings (SSSR count). The van der Waals surface area contributed by atoms with Gasteiger partial charge in [0.05, 0.1) is 12.8 Å². The molecule has 12 heavy (non-hydrogen) atoms. The average Bonchev–Trinajstić information content (AvgIpc) is 2.49. The van der Waals surface area contributed by atoms with Crippen LogP contribution in [-0.2, 0) is 22.1 Å². The first-order valence-electron chi connectivity index (χ1n) is 3.37. The molecule has 0 saturated carbocycles. The Bertz CT molecular complexity index is 238. The van der Waals surface area contributed by atoms with E-state index in [1.54, 1.807) is 17.1 Å². The first kappa shape index (κ1) is 9.30. The molecule has 68 valence electrons. The molecule has 1 atom stereocenters. The highest BCUT2D eigenvalue weighted by Gasteiger charge is 1.94. The van der Waals surface area contributed by atoms with Crippen molar-refractivity contribution in [2.24, 2.45) is 0 Å².